The molecule has 0 aromatic rings. The summed E-state index contributed by atoms with van der Waals surface area (Å²) in [5.41, 5.74) is -7.97. The first-order valence-electron chi connectivity index (χ1n) is 19.8. The third-order valence-electron chi connectivity index (χ3n) is 10.9. The maximum absolute atomic E-state index is 13.9. The zero-order valence-corrected chi connectivity index (χ0v) is 37.8. The van der Waals surface area contributed by atoms with Gasteiger partial charge in [-0.15, -0.1) is 0 Å². The number of thioether (sulfide) groups is 1. The molecule has 0 unspecified atom stereocenters. The third kappa shape index (κ3) is 12.2. The Labute approximate surface area is 376 Å². The number of amides is 1. The predicted octanol–water partition coefficient (Wildman–Crippen LogP) is -0.445. The number of allylic oxidation sites excluding steroid dienone is 1. The Balaban J connectivity index is 2.11. The van der Waals surface area contributed by atoms with Gasteiger partial charge in [-0.2, -0.15) is 0 Å². The monoisotopic (exact) mass is 949 g/mol. The Kier molecular flexibility index (Phi) is 18.9. The zero-order chi connectivity index (χ0) is 48.6. The van der Waals surface area contributed by atoms with Crippen molar-refractivity contribution in [2.24, 2.45) is 5.92 Å². The molecule has 9 N–H and O–H groups in total. The van der Waals surface area contributed by atoms with Crippen LogP contribution in [0.5, 0.6) is 0 Å². The van der Waals surface area contributed by atoms with E-state index in [0.717, 1.165) is 25.6 Å². The number of ether oxygens (including phenoxy) is 7. The molecule has 2 fully saturated rings. The molecular weight excluding hydrogens is 895 g/mol. The van der Waals surface area contributed by atoms with E-state index in [4.69, 9.17) is 50.8 Å². The van der Waals surface area contributed by atoms with Crippen molar-refractivity contribution in [3.8, 4) is 0 Å². The average molecular weight is 950 g/mol. The summed E-state index contributed by atoms with van der Waals surface area (Å²) in [4.78, 5) is 87.0. The van der Waals surface area contributed by atoms with Crippen molar-refractivity contribution in [1.29, 1.82) is 5.41 Å². The maximum Gasteiger partial charge on any atom is 0.354 e. The number of ketones is 1. The van der Waals surface area contributed by atoms with Crippen LogP contribution in [-0.4, -0.2) is 174 Å². The summed E-state index contributed by atoms with van der Waals surface area (Å²) >= 11 is 6.02. The van der Waals surface area contributed by atoms with Crippen molar-refractivity contribution in [1.82, 2.24) is 10.6 Å². The number of aliphatic hydroxyl groups is 4. The van der Waals surface area contributed by atoms with Gasteiger partial charge in [0.15, 0.2) is 29.4 Å². The fourth-order valence-electron chi connectivity index (χ4n) is 7.15. The van der Waals surface area contributed by atoms with Gasteiger partial charge in [-0.05, 0) is 27.2 Å². The molecule has 13 atom stereocenters. The number of Topliss-reactive ketones (excluding diaryl/α,β-unsaturated/α-hetero) is 1. The predicted molar refractivity (Wildman–Crippen MR) is 223 cm³/mol. The normalized spacial score (nSPS) is 31.2. The second-order valence-electron chi connectivity index (χ2n) is 15.2. The fourth-order valence-corrected chi connectivity index (χ4v) is 8.19. The quantitative estimate of drug-likeness (QED) is 0.0364. The molecule has 0 bridgehead atoms. The lowest BCUT2D eigenvalue weighted by atomic mass is 9.74. The lowest BCUT2D eigenvalue weighted by Crippen LogP contribution is -2.70. The van der Waals surface area contributed by atoms with E-state index in [9.17, 15) is 64.2 Å². The minimum atomic E-state index is -3.10. The standard InChI is InChI=1S/C39H55N3O20S2/c1-9-15(3)35(52)59-17(5)39(55)16(4)58-25(11-24(39)56-8)61-30-28(46)32(38(54)12-22(45)27(40)26(31(38)47)34(50)51)60-23(13-57-19(7)44)29(30)62-36(53)20(10-2)42-37(63)64-14-21(33(48)49)41-18(6)43/h10,15-17,21,23-25,28-30,32,40,46-47,54-55H,9,11-14H2,1-8H3,(H,41,43)(H,42,63)(H,48,49)(H,50,51)/b20-10-,40-27?/t15-,16+,17-,21-,23-,24+,25-,28+,29+,30+,32-,38-,39+/m1/s1. The van der Waals surface area contributed by atoms with Crippen LogP contribution in [0, 0.1) is 11.3 Å². The van der Waals surface area contributed by atoms with Crippen LogP contribution in [-0.2, 0) is 66.7 Å². The minimum absolute atomic E-state index is 0.163. The van der Waals surface area contributed by atoms with E-state index >= 15 is 0 Å². The molecule has 0 saturated carbocycles. The smallest absolute Gasteiger partial charge is 0.354 e. The number of carboxylic acid groups (broad SMARTS) is 2. The van der Waals surface area contributed by atoms with Gasteiger partial charge in [0.25, 0.3) is 0 Å². The topological polar surface area (TPSA) is 353 Å². The van der Waals surface area contributed by atoms with Gasteiger partial charge < -0.3 is 74.4 Å². The van der Waals surface area contributed by atoms with E-state index in [0.29, 0.717) is 6.42 Å². The second kappa shape index (κ2) is 22.5. The number of methoxy groups -OCH3 is 1. The van der Waals surface area contributed by atoms with E-state index in [-0.39, 0.29) is 22.2 Å². The summed E-state index contributed by atoms with van der Waals surface area (Å²) in [6.45, 7) is 8.91. The molecule has 3 rings (SSSR count). The van der Waals surface area contributed by atoms with Gasteiger partial charge in [0.2, 0.25) is 5.91 Å². The van der Waals surface area contributed by atoms with Crippen molar-refractivity contribution in [3.05, 3.63) is 23.1 Å². The number of carbonyl (C=O) groups is 7. The minimum Gasteiger partial charge on any atom is -0.508 e. The molecule has 1 aliphatic carbocycles. The number of hydrogen-bond donors (Lipinski definition) is 9. The summed E-state index contributed by atoms with van der Waals surface area (Å²) < 4.78 is 40.3. The highest BCUT2D eigenvalue weighted by atomic mass is 32.2. The molecule has 2 saturated heterocycles. The van der Waals surface area contributed by atoms with Gasteiger partial charge in [-0.3, -0.25) is 24.6 Å². The SMILES string of the molecule is C/C=C(\NC(=S)SC[C@@H](NC(C)=O)C(=O)O)C(=O)O[C@@H]1[C@@H](O[C@@H]2C[C@H](OC)[C@@](O)([C@@H](C)OC(=O)[C@H](C)CC)[C@H](C)O2)[C@H](O)[C@H]([C@@]2(O)CC(=O)C(=N)C(C(=O)O)=C2O)O[C@@H]1COC(C)=O. The Morgan fingerprint density at radius 1 is 1.09 bits per heavy atom. The molecule has 25 heteroatoms. The maximum atomic E-state index is 13.9. The molecule has 0 radical (unpaired) electrons. The highest BCUT2D eigenvalue weighted by Gasteiger charge is 2.62. The Morgan fingerprint density at radius 3 is 2.27 bits per heavy atom. The van der Waals surface area contributed by atoms with E-state index in [2.05, 4.69) is 10.6 Å². The summed E-state index contributed by atoms with van der Waals surface area (Å²) in [5, 5.41) is 79.2. The largest absolute Gasteiger partial charge is 0.508 e. The average Bonchev–Trinajstić information content (AvgIpc) is 3.21. The van der Waals surface area contributed by atoms with Crippen molar-refractivity contribution < 1.29 is 97.4 Å². The molecule has 2 heterocycles. The number of carboxylic acids is 2. The Hall–Kier alpha value is -4.60. The van der Waals surface area contributed by atoms with Gasteiger partial charge >= 0.3 is 29.8 Å². The molecule has 0 aromatic carbocycles. The lowest BCUT2D eigenvalue weighted by Gasteiger charge is -2.52. The van der Waals surface area contributed by atoms with Crippen molar-refractivity contribution in [2.75, 3.05) is 19.5 Å². The molecular formula is C39H55N3O20S2. The number of rotatable bonds is 18. The van der Waals surface area contributed by atoms with Gasteiger partial charge in [-0.25, -0.2) is 14.4 Å². The van der Waals surface area contributed by atoms with E-state index < -0.39 is 150 Å². The van der Waals surface area contributed by atoms with Gasteiger partial charge in [0.05, 0.1) is 24.5 Å². The molecule has 23 nitrogen and oxygen atoms in total. The van der Waals surface area contributed by atoms with Crippen LogP contribution in [0.4, 0.5) is 0 Å². The summed E-state index contributed by atoms with van der Waals surface area (Å²) in [5.74, 6) is -10.2. The van der Waals surface area contributed by atoms with E-state index in [1.807, 2.05) is 0 Å². The van der Waals surface area contributed by atoms with Gasteiger partial charge in [-0.1, -0.05) is 43.9 Å². The second-order valence-corrected chi connectivity index (χ2v) is 16.9. The van der Waals surface area contributed by atoms with Crippen LogP contribution in [0.1, 0.15) is 67.7 Å². The van der Waals surface area contributed by atoms with Gasteiger partial charge in [0.1, 0.15) is 70.2 Å². The highest BCUT2D eigenvalue weighted by molar-refractivity contribution is 8.23. The molecule has 358 valence electrons. The lowest BCUT2D eigenvalue weighted by molar-refractivity contribution is -0.345. The summed E-state index contributed by atoms with van der Waals surface area (Å²) in [6.07, 6.45) is -15.4. The van der Waals surface area contributed by atoms with Crippen molar-refractivity contribution in [3.63, 3.8) is 0 Å². The molecule has 1 amide bonds. The third-order valence-corrected chi connectivity index (χ3v) is 12.2. The zero-order valence-electron chi connectivity index (χ0n) is 36.2. The highest BCUT2D eigenvalue weighted by Crippen LogP contribution is 2.42. The fraction of sp³-hybridized carbons (Fsp3) is 0.667. The summed E-state index contributed by atoms with van der Waals surface area (Å²) in [7, 11) is 1.24. The number of hydrogen-bond acceptors (Lipinski definition) is 21. The number of thiocarbonyl (C=S) groups is 1. The van der Waals surface area contributed by atoms with E-state index in [1.165, 1.54) is 34.0 Å². The number of aliphatic hydroxyl groups excluding tert-OH is 2. The molecule has 0 spiro atoms. The molecule has 0 aromatic heterocycles. The molecule has 3 aliphatic rings. The van der Waals surface area contributed by atoms with Crippen LogP contribution in [0.25, 0.3) is 0 Å². The Morgan fingerprint density at radius 2 is 1.73 bits per heavy atom. The van der Waals surface area contributed by atoms with Crippen LogP contribution in [0.15, 0.2) is 23.1 Å². The van der Waals surface area contributed by atoms with Crippen molar-refractivity contribution >= 4 is 75.5 Å². The van der Waals surface area contributed by atoms with E-state index in [1.54, 1.807) is 13.8 Å². The molecule has 2 aliphatic heterocycles. The van der Waals surface area contributed by atoms with Crippen molar-refractivity contribution in [2.45, 2.75) is 140 Å². The Bertz CT molecular complexity index is 1910. The number of nitrogens with one attached hydrogen (secondary N) is 3. The van der Waals surface area contributed by atoms with Crippen LogP contribution in [0.2, 0.25) is 0 Å². The summed E-state index contributed by atoms with van der Waals surface area (Å²) in [6, 6.07) is -1.36. The van der Waals surface area contributed by atoms with Crippen LogP contribution < -0.4 is 10.6 Å². The first kappa shape index (κ1) is 53.7. The first-order chi connectivity index (χ1) is 29.8. The van der Waals surface area contributed by atoms with Gasteiger partial charge in [0, 0.05) is 33.1 Å². The number of esters is 3. The number of carbonyl (C=O) groups excluding carboxylic acids is 5. The molecule has 64 heavy (non-hydrogen) atoms. The van der Waals surface area contributed by atoms with Crippen LogP contribution in [0.3, 0.4) is 0 Å². The number of aliphatic carboxylic acids is 2. The first-order valence-corrected chi connectivity index (χ1v) is 21.2. The van der Waals surface area contributed by atoms with Crippen LogP contribution >= 0.6 is 24.0 Å².